The number of aryl methyl sites for hydroxylation is 1. The van der Waals surface area contributed by atoms with E-state index in [2.05, 4.69) is 5.10 Å². The standard InChI is InChI=1S/C22H19Cl2F3N2O3S/c1-13(14-6-9-20(18(24)10-14)33(2,31)32)19(30)8-7-17-12-21(22(25,26)27)28-29(17)16-5-3-4-15(23)11-16/h3-6,9-13H,7-8H2,1-2H3. The third-order valence-electron chi connectivity index (χ3n) is 5.09. The smallest absolute Gasteiger partial charge is 0.299 e. The Morgan fingerprint density at radius 2 is 1.82 bits per heavy atom. The summed E-state index contributed by atoms with van der Waals surface area (Å²) in [5, 5.41) is 4.00. The van der Waals surface area contributed by atoms with E-state index >= 15 is 0 Å². The molecule has 0 saturated heterocycles. The molecule has 1 atom stereocenters. The average molecular weight is 519 g/mol. The maximum atomic E-state index is 13.3. The van der Waals surface area contributed by atoms with Crippen molar-refractivity contribution < 1.29 is 26.4 Å². The van der Waals surface area contributed by atoms with Crippen molar-refractivity contribution in [3.8, 4) is 5.69 Å². The largest absolute Gasteiger partial charge is 0.435 e. The van der Waals surface area contributed by atoms with E-state index in [-0.39, 0.29) is 34.2 Å². The van der Waals surface area contributed by atoms with Crippen LogP contribution in [0.5, 0.6) is 0 Å². The molecular formula is C22H19Cl2F3N2O3S. The molecule has 0 saturated carbocycles. The van der Waals surface area contributed by atoms with Gasteiger partial charge in [0.15, 0.2) is 15.5 Å². The van der Waals surface area contributed by atoms with Crippen LogP contribution >= 0.6 is 23.2 Å². The molecule has 0 aliphatic heterocycles. The number of carbonyl (C=O) groups is 1. The summed E-state index contributed by atoms with van der Waals surface area (Å²) >= 11 is 12.0. The fourth-order valence-corrected chi connectivity index (χ4v) is 4.83. The molecule has 3 rings (SSSR count). The van der Waals surface area contributed by atoms with Crippen LogP contribution in [0, 0.1) is 0 Å². The number of carbonyl (C=O) groups excluding carboxylic acids is 1. The van der Waals surface area contributed by atoms with Crippen molar-refractivity contribution in [3.63, 3.8) is 0 Å². The average Bonchev–Trinajstić information content (AvgIpc) is 3.15. The molecule has 176 valence electrons. The van der Waals surface area contributed by atoms with E-state index in [1.807, 2.05) is 0 Å². The van der Waals surface area contributed by atoms with Crippen LogP contribution in [0.15, 0.2) is 53.4 Å². The van der Waals surface area contributed by atoms with E-state index in [9.17, 15) is 26.4 Å². The Kier molecular flexibility index (Phi) is 7.26. The molecule has 0 bridgehead atoms. The molecule has 0 amide bonds. The lowest BCUT2D eigenvalue weighted by atomic mass is 9.93. The molecule has 0 radical (unpaired) electrons. The molecule has 3 aromatic rings. The first-order valence-electron chi connectivity index (χ1n) is 9.71. The molecule has 5 nitrogen and oxygen atoms in total. The Labute approximate surface area is 199 Å². The van der Waals surface area contributed by atoms with Gasteiger partial charge < -0.3 is 0 Å². The second-order valence-electron chi connectivity index (χ2n) is 7.56. The summed E-state index contributed by atoms with van der Waals surface area (Å²) in [5.41, 5.74) is -0.00918. The maximum absolute atomic E-state index is 13.3. The van der Waals surface area contributed by atoms with Crippen LogP contribution in [0.25, 0.3) is 5.69 Å². The normalized spacial score (nSPS) is 13.2. The van der Waals surface area contributed by atoms with Crippen LogP contribution in [0.3, 0.4) is 0 Å². The number of alkyl halides is 3. The Morgan fingerprint density at radius 1 is 1.12 bits per heavy atom. The zero-order chi connectivity index (χ0) is 24.6. The lowest BCUT2D eigenvalue weighted by Crippen LogP contribution is -2.12. The number of halogens is 5. The number of ketones is 1. The fraction of sp³-hybridized carbons (Fsp3) is 0.273. The van der Waals surface area contributed by atoms with Crippen LogP contribution in [0.2, 0.25) is 10.0 Å². The van der Waals surface area contributed by atoms with E-state index < -0.39 is 27.6 Å². The van der Waals surface area contributed by atoms with Gasteiger partial charge in [-0.05, 0) is 48.4 Å². The zero-order valence-corrected chi connectivity index (χ0v) is 19.9. The van der Waals surface area contributed by atoms with Crippen LogP contribution in [-0.2, 0) is 27.2 Å². The Bertz CT molecular complexity index is 1300. The third-order valence-corrected chi connectivity index (χ3v) is 6.91. The van der Waals surface area contributed by atoms with Gasteiger partial charge in [0.2, 0.25) is 0 Å². The van der Waals surface area contributed by atoms with Gasteiger partial charge in [-0.15, -0.1) is 0 Å². The number of nitrogens with zero attached hydrogens (tertiary/aromatic N) is 2. The maximum Gasteiger partial charge on any atom is 0.435 e. The number of hydrogen-bond donors (Lipinski definition) is 0. The first-order chi connectivity index (χ1) is 15.3. The van der Waals surface area contributed by atoms with E-state index in [4.69, 9.17) is 23.2 Å². The summed E-state index contributed by atoms with van der Waals surface area (Å²) in [6, 6.07) is 11.4. The number of hydrogen-bond acceptors (Lipinski definition) is 4. The van der Waals surface area contributed by atoms with Crippen molar-refractivity contribution in [2.75, 3.05) is 6.26 Å². The molecule has 1 unspecified atom stereocenters. The van der Waals surface area contributed by atoms with E-state index in [1.54, 1.807) is 25.1 Å². The Morgan fingerprint density at radius 3 is 2.39 bits per heavy atom. The lowest BCUT2D eigenvalue weighted by molar-refractivity contribution is -0.141. The van der Waals surface area contributed by atoms with Gasteiger partial charge in [0.25, 0.3) is 0 Å². The van der Waals surface area contributed by atoms with Crippen molar-refractivity contribution in [2.24, 2.45) is 0 Å². The molecule has 1 aromatic heterocycles. The summed E-state index contributed by atoms with van der Waals surface area (Å²) in [5.74, 6) is -0.883. The highest BCUT2D eigenvalue weighted by Crippen LogP contribution is 2.31. The first-order valence-corrected chi connectivity index (χ1v) is 12.4. The van der Waals surface area contributed by atoms with Crippen molar-refractivity contribution in [1.29, 1.82) is 0 Å². The second-order valence-corrected chi connectivity index (χ2v) is 10.4. The predicted molar refractivity (Wildman–Crippen MR) is 120 cm³/mol. The second kappa shape index (κ2) is 9.48. The molecule has 11 heteroatoms. The quantitative estimate of drug-likeness (QED) is 0.390. The molecule has 0 aliphatic carbocycles. The van der Waals surface area contributed by atoms with Gasteiger partial charge in [0.1, 0.15) is 5.78 Å². The molecule has 0 fully saturated rings. The SMILES string of the molecule is CC(C(=O)CCc1cc(C(F)(F)F)nn1-c1cccc(Cl)c1)c1ccc(S(C)(=O)=O)c(Cl)c1. The molecule has 0 spiro atoms. The van der Waals surface area contributed by atoms with Crippen LogP contribution in [0.1, 0.15) is 36.2 Å². The summed E-state index contributed by atoms with van der Waals surface area (Å²) in [4.78, 5) is 12.7. The summed E-state index contributed by atoms with van der Waals surface area (Å²) in [7, 11) is -3.51. The Balaban J connectivity index is 1.83. The monoisotopic (exact) mass is 518 g/mol. The van der Waals surface area contributed by atoms with Crippen molar-refractivity contribution in [1.82, 2.24) is 9.78 Å². The number of benzene rings is 2. The highest BCUT2D eigenvalue weighted by atomic mass is 35.5. The first kappa shape index (κ1) is 25.3. The number of Topliss-reactive ketones (excluding diaryl/α,β-unsaturated/α-hetero) is 1. The third kappa shape index (κ3) is 5.96. The Hall–Kier alpha value is -2.36. The minimum Gasteiger partial charge on any atom is -0.299 e. The summed E-state index contributed by atoms with van der Waals surface area (Å²) in [6.07, 6.45) is -3.67. The van der Waals surface area contributed by atoms with Gasteiger partial charge in [-0.3, -0.25) is 4.79 Å². The number of sulfone groups is 1. The topological polar surface area (TPSA) is 69.0 Å². The minimum absolute atomic E-state index is 0.00324. The van der Waals surface area contributed by atoms with Gasteiger partial charge >= 0.3 is 6.18 Å². The molecule has 1 heterocycles. The summed E-state index contributed by atoms with van der Waals surface area (Å²) < 4.78 is 64.3. The molecule has 33 heavy (non-hydrogen) atoms. The van der Waals surface area contributed by atoms with Crippen LogP contribution < -0.4 is 0 Å². The van der Waals surface area contributed by atoms with E-state index in [0.717, 1.165) is 17.0 Å². The summed E-state index contributed by atoms with van der Waals surface area (Å²) in [6.45, 7) is 1.63. The van der Waals surface area contributed by atoms with E-state index in [1.165, 1.54) is 24.3 Å². The predicted octanol–water partition coefficient (Wildman–Crippen LogP) is 5.91. The van der Waals surface area contributed by atoms with Crippen molar-refractivity contribution in [3.05, 3.63) is 75.5 Å². The van der Waals surface area contributed by atoms with Crippen LogP contribution in [0.4, 0.5) is 13.2 Å². The lowest BCUT2D eigenvalue weighted by Gasteiger charge is -2.13. The minimum atomic E-state index is -4.64. The number of rotatable bonds is 7. The van der Waals surface area contributed by atoms with Crippen molar-refractivity contribution >= 4 is 38.8 Å². The fourth-order valence-electron chi connectivity index (χ4n) is 3.31. The highest BCUT2D eigenvalue weighted by Gasteiger charge is 2.35. The van der Waals surface area contributed by atoms with Gasteiger partial charge in [-0.2, -0.15) is 18.3 Å². The number of aromatic nitrogens is 2. The zero-order valence-electron chi connectivity index (χ0n) is 17.5. The molecular weight excluding hydrogens is 500 g/mol. The highest BCUT2D eigenvalue weighted by molar-refractivity contribution is 7.90. The van der Waals surface area contributed by atoms with Gasteiger partial charge in [-0.1, -0.05) is 42.3 Å². The molecule has 0 N–H and O–H groups in total. The molecule has 2 aromatic carbocycles. The van der Waals surface area contributed by atoms with Crippen molar-refractivity contribution in [2.45, 2.75) is 36.8 Å². The van der Waals surface area contributed by atoms with Crippen LogP contribution in [-0.4, -0.2) is 30.2 Å². The van der Waals surface area contributed by atoms with Gasteiger partial charge in [-0.25, -0.2) is 13.1 Å². The van der Waals surface area contributed by atoms with E-state index in [0.29, 0.717) is 16.3 Å². The van der Waals surface area contributed by atoms with Gasteiger partial charge in [0.05, 0.1) is 15.6 Å². The van der Waals surface area contributed by atoms with Gasteiger partial charge in [0, 0.05) is 29.3 Å². The molecule has 0 aliphatic rings.